The summed E-state index contributed by atoms with van der Waals surface area (Å²) in [5, 5.41) is 9.01. The van der Waals surface area contributed by atoms with Crippen molar-refractivity contribution >= 4 is 29.3 Å². The van der Waals surface area contributed by atoms with Gasteiger partial charge in [-0.3, -0.25) is 4.79 Å². The monoisotopic (exact) mass is 506 g/mol. The Labute approximate surface area is 223 Å². The number of aliphatic carboxylic acids is 1. The molecule has 0 aromatic heterocycles. The fraction of sp³-hybridized carbons (Fsp3) is 0.125. The number of benzene rings is 4. The lowest BCUT2D eigenvalue weighted by molar-refractivity contribution is -0.131. The molecule has 4 rings (SSSR count). The number of carbonyl (C=O) groups excluding carboxylic acids is 1. The van der Waals surface area contributed by atoms with Gasteiger partial charge in [-0.1, -0.05) is 48.5 Å². The molecular formula is C32H30N2O4. The molecule has 4 aromatic rings. The number of hydrogen-bond acceptors (Lipinski definition) is 4. The Hall–Kier alpha value is -4.84. The number of nitrogens with zero attached hydrogens (tertiary/aromatic N) is 2. The number of carboxylic acid groups (broad SMARTS) is 1. The largest absolute Gasteiger partial charge is 0.497 e. The Bertz CT molecular complexity index is 1420. The number of amides is 1. The van der Waals surface area contributed by atoms with Crippen LogP contribution in [0.5, 0.6) is 5.75 Å². The van der Waals surface area contributed by atoms with Crippen LogP contribution in [-0.2, 0) is 11.3 Å². The van der Waals surface area contributed by atoms with Crippen molar-refractivity contribution in [2.24, 2.45) is 0 Å². The van der Waals surface area contributed by atoms with E-state index in [9.17, 15) is 9.59 Å². The molecule has 4 aromatic carbocycles. The number of methoxy groups -OCH3 is 1. The van der Waals surface area contributed by atoms with Crippen molar-refractivity contribution in [2.45, 2.75) is 6.54 Å². The molecule has 0 aliphatic carbocycles. The van der Waals surface area contributed by atoms with Gasteiger partial charge >= 0.3 is 5.97 Å². The molecule has 0 radical (unpaired) electrons. The van der Waals surface area contributed by atoms with E-state index >= 15 is 0 Å². The van der Waals surface area contributed by atoms with Crippen LogP contribution < -0.4 is 14.5 Å². The molecule has 0 saturated carbocycles. The van der Waals surface area contributed by atoms with Gasteiger partial charge in [-0.05, 0) is 76.9 Å². The first kappa shape index (κ1) is 26.2. The topological polar surface area (TPSA) is 70.1 Å². The van der Waals surface area contributed by atoms with Gasteiger partial charge in [-0.15, -0.1) is 0 Å². The number of ether oxygens (including phenoxy) is 1. The van der Waals surface area contributed by atoms with Gasteiger partial charge in [0.05, 0.1) is 13.7 Å². The third-order valence-electron chi connectivity index (χ3n) is 6.19. The van der Waals surface area contributed by atoms with Crippen LogP contribution in [0.25, 0.3) is 17.2 Å². The number of hydrogen-bond donors (Lipinski definition) is 1. The Kier molecular flexibility index (Phi) is 8.23. The highest BCUT2D eigenvalue weighted by Gasteiger charge is 2.19. The minimum absolute atomic E-state index is 0.171. The molecular weight excluding hydrogens is 476 g/mol. The zero-order valence-electron chi connectivity index (χ0n) is 21.7. The van der Waals surface area contributed by atoms with Crippen molar-refractivity contribution in [3.63, 3.8) is 0 Å². The van der Waals surface area contributed by atoms with E-state index in [1.807, 2.05) is 44.4 Å². The van der Waals surface area contributed by atoms with Crippen molar-refractivity contribution < 1.29 is 19.4 Å². The summed E-state index contributed by atoms with van der Waals surface area (Å²) in [7, 11) is 5.61. The highest BCUT2D eigenvalue weighted by Crippen LogP contribution is 2.26. The van der Waals surface area contributed by atoms with Crippen molar-refractivity contribution in [3.05, 3.63) is 120 Å². The lowest BCUT2D eigenvalue weighted by Crippen LogP contribution is -2.30. The molecule has 0 bridgehead atoms. The Morgan fingerprint density at radius 2 is 1.45 bits per heavy atom. The van der Waals surface area contributed by atoms with Gasteiger partial charge in [0.1, 0.15) is 5.75 Å². The van der Waals surface area contributed by atoms with Gasteiger partial charge in [0.2, 0.25) is 0 Å². The molecule has 6 heteroatoms. The zero-order chi connectivity index (χ0) is 27.1. The fourth-order valence-electron chi connectivity index (χ4n) is 4.07. The first-order valence-corrected chi connectivity index (χ1v) is 12.2. The highest BCUT2D eigenvalue weighted by molar-refractivity contribution is 6.06. The zero-order valence-corrected chi connectivity index (χ0v) is 21.7. The van der Waals surface area contributed by atoms with E-state index in [1.165, 1.54) is 6.08 Å². The van der Waals surface area contributed by atoms with Gasteiger partial charge in [-0.25, -0.2) is 4.79 Å². The minimum Gasteiger partial charge on any atom is -0.497 e. The van der Waals surface area contributed by atoms with Crippen molar-refractivity contribution in [2.75, 3.05) is 31.0 Å². The molecule has 0 fully saturated rings. The van der Waals surface area contributed by atoms with E-state index in [0.29, 0.717) is 29.1 Å². The van der Waals surface area contributed by atoms with Crippen molar-refractivity contribution in [1.82, 2.24) is 0 Å². The molecule has 0 spiro atoms. The van der Waals surface area contributed by atoms with Crippen molar-refractivity contribution in [1.29, 1.82) is 0 Å². The van der Waals surface area contributed by atoms with E-state index in [-0.39, 0.29) is 5.91 Å². The summed E-state index contributed by atoms with van der Waals surface area (Å²) in [6.07, 6.45) is 2.59. The van der Waals surface area contributed by atoms with Crippen molar-refractivity contribution in [3.8, 4) is 16.9 Å². The molecule has 0 unspecified atom stereocenters. The summed E-state index contributed by atoms with van der Waals surface area (Å²) in [6.45, 7) is 0.344. The maximum Gasteiger partial charge on any atom is 0.328 e. The molecule has 6 nitrogen and oxygen atoms in total. The molecule has 192 valence electrons. The minimum atomic E-state index is -1.03. The smallest absolute Gasteiger partial charge is 0.328 e. The summed E-state index contributed by atoms with van der Waals surface area (Å²) in [5.41, 5.74) is 6.19. The summed E-state index contributed by atoms with van der Waals surface area (Å²) in [6, 6.07) is 30.8. The van der Waals surface area contributed by atoms with E-state index in [2.05, 4.69) is 41.3 Å². The first-order chi connectivity index (χ1) is 18.3. The summed E-state index contributed by atoms with van der Waals surface area (Å²) >= 11 is 0. The molecule has 0 saturated heterocycles. The van der Waals surface area contributed by atoms with Gasteiger partial charge in [0.25, 0.3) is 5.91 Å². The molecule has 0 aliphatic heterocycles. The van der Waals surface area contributed by atoms with E-state index < -0.39 is 5.97 Å². The molecule has 0 aliphatic rings. The van der Waals surface area contributed by atoms with Crippen LogP contribution in [0.1, 0.15) is 21.5 Å². The maximum atomic E-state index is 13.7. The normalized spacial score (nSPS) is 10.8. The lowest BCUT2D eigenvalue weighted by Gasteiger charge is -2.24. The second-order valence-electron chi connectivity index (χ2n) is 9.02. The van der Waals surface area contributed by atoms with Crippen LogP contribution in [0, 0.1) is 0 Å². The summed E-state index contributed by atoms with van der Waals surface area (Å²) in [5.74, 6) is -0.531. The molecule has 0 heterocycles. The third-order valence-corrected chi connectivity index (χ3v) is 6.19. The summed E-state index contributed by atoms with van der Waals surface area (Å²) < 4.78 is 5.23. The second-order valence-corrected chi connectivity index (χ2v) is 9.02. The lowest BCUT2D eigenvalue weighted by atomic mass is 10.0. The number of rotatable bonds is 9. The average Bonchev–Trinajstić information content (AvgIpc) is 2.95. The Morgan fingerprint density at radius 1 is 0.816 bits per heavy atom. The second kappa shape index (κ2) is 11.9. The van der Waals surface area contributed by atoms with E-state index in [1.54, 1.807) is 42.3 Å². The SMILES string of the molecule is COc1ccc(C(=O)N(Cc2ccc(-c3ccc(N(C)C)cc3)cc2)c2cccc(/C=C/C(=O)O)c2)cc1. The van der Waals surface area contributed by atoms with Crippen LogP contribution in [0.3, 0.4) is 0 Å². The first-order valence-electron chi connectivity index (χ1n) is 12.2. The van der Waals surface area contributed by atoms with Crippen LogP contribution in [-0.4, -0.2) is 38.2 Å². The third kappa shape index (κ3) is 6.48. The Balaban J connectivity index is 1.64. The van der Waals surface area contributed by atoms with Gasteiger partial charge < -0.3 is 19.6 Å². The van der Waals surface area contributed by atoms with Crippen LogP contribution in [0.15, 0.2) is 103 Å². The standard InChI is InChI=1S/C32H30N2O4/c1-33(2)28-16-12-26(13-17-28)25-10-7-24(8-11-25)22-34(32(37)27-14-18-30(38-3)19-15-27)29-6-4-5-23(21-29)9-20-31(35)36/h4-21H,22H2,1-3H3,(H,35,36)/b20-9+. The van der Waals surface area contributed by atoms with Crippen LogP contribution in [0.4, 0.5) is 11.4 Å². The fourth-order valence-corrected chi connectivity index (χ4v) is 4.07. The Morgan fingerprint density at radius 3 is 2.03 bits per heavy atom. The predicted molar refractivity (Wildman–Crippen MR) is 153 cm³/mol. The quantitative estimate of drug-likeness (QED) is 0.267. The number of anilines is 2. The van der Waals surface area contributed by atoms with E-state index in [4.69, 9.17) is 9.84 Å². The highest BCUT2D eigenvalue weighted by atomic mass is 16.5. The molecule has 1 N–H and O–H groups in total. The summed E-state index contributed by atoms with van der Waals surface area (Å²) in [4.78, 5) is 28.4. The van der Waals surface area contributed by atoms with Gasteiger partial charge in [0, 0.05) is 37.1 Å². The average molecular weight is 507 g/mol. The molecule has 38 heavy (non-hydrogen) atoms. The van der Waals surface area contributed by atoms with Crippen LogP contribution >= 0.6 is 0 Å². The number of carbonyl (C=O) groups is 2. The van der Waals surface area contributed by atoms with Gasteiger partial charge in [-0.2, -0.15) is 0 Å². The number of carboxylic acids is 1. The predicted octanol–water partition coefficient (Wildman–Crippen LogP) is 6.37. The van der Waals surface area contributed by atoms with Crippen LogP contribution in [0.2, 0.25) is 0 Å². The molecule has 0 atom stereocenters. The molecule has 1 amide bonds. The maximum absolute atomic E-state index is 13.7. The van der Waals surface area contributed by atoms with E-state index in [0.717, 1.165) is 28.5 Å². The van der Waals surface area contributed by atoms with Gasteiger partial charge in [0.15, 0.2) is 0 Å².